The normalized spacial score (nSPS) is 22.1. The Bertz CT molecular complexity index is 784. The fourth-order valence-electron chi connectivity index (χ4n) is 3.99. The van der Waals surface area contributed by atoms with Crippen molar-refractivity contribution >= 4 is 11.8 Å². The Morgan fingerprint density at radius 1 is 1.28 bits per heavy atom. The minimum atomic E-state index is -0.724. The van der Waals surface area contributed by atoms with Gasteiger partial charge < -0.3 is 19.7 Å². The van der Waals surface area contributed by atoms with Crippen molar-refractivity contribution in [2.75, 3.05) is 13.7 Å². The molecule has 2 rings (SSSR count). The van der Waals surface area contributed by atoms with Crippen molar-refractivity contribution in [3.05, 3.63) is 59.7 Å². The molecule has 0 spiro atoms. The zero-order valence-corrected chi connectivity index (χ0v) is 19.1. The fourth-order valence-corrected chi connectivity index (χ4v) is 3.99. The van der Waals surface area contributed by atoms with Gasteiger partial charge in [-0.05, 0) is 37.3 Å². The minimum absolute atomic E-state index is 0.0458. The van der Waals surface area contributed by atoms with Gasteiger partial charge in [0, 0.05) is 37.7 Å². The lowest BCUT2D eigenvalue weighted by atomic mass is 9.90. The number of rotatable bonds is 13. The van der Waals surface area contributed by atoms with E-state index in [1.165, 1.54) is 7.11 Å². The molecular formula is C26H36O6. The molecule has 0 amide bonds. The molecule has 0 aliphatic heterocycles. The number of Topliss-reactive ketones (excluding diaryl/α,β-unsaturated/α-hetero) is 1. The van der Waals surface area contributed by atoms with Gasteiger partial charge in [-0.25, -0.2) is 0 Å². The summed E-state index contributed by atoms with van der Waals surface area (Å²) < 4.78 is 10.0. The molecule has 1 fully saturated rings. The third kappa shape index (κ3) is 8.69. The Labute approximate surface area is 190 Å². The van der Waals surface area contributed by atoms with E-state index in [9.17, 15) is 19.8 Å². The first kappa shape index (κ1) is 26.0. The number of methoxy groups -OCH3 is 1. The predicted octanol–water partition coefficient (Wildman–Crippen LogP) is 3.54. The molecule has 32 heavy (non-hydrogen) atoms. The van der Waals surface area contributed by atoms with Crippen LogP contribution in [0.5, 0.6) is 0 Å². The molecule has 1 aromatic carbocycles. The number of carbonyl (C=O) groups excluding carboxylic acids is 2. The van der Waals surface area contributed by atoms with E-state index in [1.807, 2.05) is 43.3 Å². The van der Waals surface area contributed by atoms with Crippen LogP contribution in [0.4, 0.5) is 0 Å². The fraction of sp³-hybridized carbons (Fsp3) is 0.538. The van der Waals surface area contributed by atoms with Crippen LogP contribution in [-0.4, -0.2) is 47.9 Å². The summed E-state index contributed by atoms with van der Waals surface area (Å²) >= 11 is 0. The number of carbonyl (C=O) groups is 2. The molecule has 0 bridgehead atoms. The highest BCUT2D eigenvalue weighted by atomic mass is 16.5. The van der Waals surface area contributed by atoms with Crippen LogP contribution in [0.3, 0.4) is 0 Å². The summed E-state index contributed by atoms with van der Waals surface area (Å²) in [5, 5.41) is 20.8. The van der Waals surface area contributed by atoms with Crippen LogP contribution in [0.25, 0.3) is 0 Å². The van der Waals surface area contributed by atoms with E-state index < -0.39 is 12.2 Å². The van der Waals surface area contributed by atoms with Crippen molar-refractivity contribution in [1.29, 1.82) is 0 Å². The van der Waals surface area contributed by atoms with Crippen LogP contribution in [0.1, 0.15) is 50.2 Å². The average molecular weight is 445 g/mol. The maximum atomic E-state index is 12.3. The minimum Gasteiger partial charge on any atom is -0.469 e. The van der Waals surface area contributed by atoms with E-state index in [4.69, 9.17) is 4.74 Å². The molecule has 1 aromatic rings. The Morgan fingerprint density at radius 2 is 2.06 bits per heavy atom. The van der Waals surface area contributed by atoms with Gasteiger partial charge in [0.25, 0.3) is 0 Å². The second-order valence-electron chi connectivity index (χ2n) is 8.21. The molecule has 0 unspecified atom stereocenters. The summed E-state index contributed by atoms with van der Waals surface area (Å²) in [6.07, 6.45) is 8.92. The third-order valence-corrected chi connectivity index (χ3v) is 5.73. The summed E-state index contributed by atoms with van der Waals surface area (Å²) in [7, 11) is 1.37. The van der Waals surface area contributed by atoms with Crippen molar-refractivity contribution in [3.8, 4) is 0 Å². The number of ether oxygens (including phenoxy) is 2. The first-order chi connectivity index (χ1) is 15.4. The van der Waals surface area contributed by atoms with Crippen LogP contribution in [0.2, 0.25) is 0 Å². The van der Waals surface area contributed by atoms with E-state index >= 15 is 0 Å². The monoisotopic (exact) mass is 444 g/mol. The predicted molar refractivity (Wildman–Crippen MR) is 123 cm³/mol. The first-order valence-corrected chi connectivity index (χ1v) is 11.4. The van der Waals surface area contributed by atoms with E-state index in [0.717, 1.165) is 17.5 Å². The Balaban J connectivity index is 1.88. The van der Waals surface area contributed by atoms with E-state index in [2.05, 4.69) is 4.74 Å². The van der Waals surface area contributed by atoms with Gasteiger partial charge in [0.15, 0.2) is 0 Å². The molecule has 1 saturated carbocycles. The number of aliphatic hydroxyl groups is 2. The summed E-state index contributed by atoms with van der Waals surface area (Å²) in [6.45, 7) is 3.15. The Kier molecular flexibility index (Phi) is 11.4. The lowest BCUT2D eigenvalue weighted by Gasteiger charge is -2.17. The molecule has 6 heteroatoms. The molecule has 0 heterocycles. The molecule has 0 aromatic heterocycles. The van der Waals surface area contributed by atoms with Crippen LogP contribution in [-0.2, 0) is 32.1 Å². The number of esters is 1. The van der Waals surface area contributed by atoms with Crippen molar-refractivity contribution in [3.63, 3.8) is 0 Å². The quantitative estimate of drug-likeness (QED) is 0.275. The van der Waals surface area contributed by atoms with Gasteiger partial charge in [-0.15, -0.1) is 0 Å². The van der Waals surface area contributed by atoms with Crippen molar-refractivity contribution in [1.82, 2.24) is 0 Å². The lowest BCUT2D eigenvalue weighted by molar-refractivity contribution is -0.140. The van der Waals surface area contributed by atoms with E-state index in [1.54, 1.807) is 12.2 Å². The van der Waals surface area contributed by atoms with Gasteiger partial charge in [-0.1, -0.05) is 48.6 Å². The molecule has 1 aliphatic rings. The number of allylic oxidation sites excluding steroid dienone is 2. The van der Waals surface area contributed by atoms with Crippen LogP contribution in [0, 0.1) is 11.8 Å². The van der Waals surface area contributed by atoms with Crippen molar-refractivity contribution < 1.29 is 29.3 Å². The smallest absolute Gasteiger partial charge is 0.305 e. The molecule has 176 valence electrons. The van der Waals surface area contributed by atoms with E-state index in [0.29, 0.717) is 38.9 Å². The van der Waals surface area contributed by atoms with Crippen molar-refractivity contribution in [2.24, 2.45) is 11.8 Å². The number of benzene rings is 1. The van der Waals surface area contributed by atoms with Crippen molar-refractivity contribution in [2.45, 2.75) is 64.3 Å². The first-order valence-electron chi connectivity index (χ1n) is 11.4. The van der Waals surface area contributed by atoms with Crippen LogP contribution in [0.15, 0.2) is 48.6 Å². The number of ketones is 1. The molecule has 0 saturated heterocycles. The van der Waals surface area contributed by atoms with Gasteiger partial charge in [-0.3, -0.25) is 9.59 Å². The summed E-state index contributed by atoms with van der Waals surface area (Å²) in [4.78, 5) is 23.5. The molecule has 0 radical (unpaired) electrons. The van der Waals surface area contributed by atoms with E-state index in [-0.39, 0.29) is 30.0 Å². The molecular weight excluding hydrogens is 408 g/mol. The average Bonchev–Trinajstić information content (AvgIpc) is 3.05. The van der Waals surface area contributed by atoms with Gasteiger partial charge in [-0.2, -0.15) is 0 Å². The molecule has 2 N–H and O–H groups in total. The summed E-state index contributed by atoms with van der Waals surface area (Å²) in [5.41, 5.74) is 2.07. The third-order valence-electron chi connectivity index (χ3n) is 5.73. The zero-order chi connectivity index (χ0) is 23.3. The van der Waals surface area contributed by atoms with Gasteiger partial charge in [0.05, 0.1) is 25.9 Å². The highest BCUT2D eigenvalue weighted by Gasteiger charge is 2.39. The second kappa shape index (κ2) is 14.0. The Morgan fingerprint density at radius 3 is 2.81 bits per heavy atom. The number of hydrogen-bond donors (Lipinski definition) is 2. The topological polar surface area (TPSA) is 93.1 Å². The second-order valence-corrected chi connectivity index (χ2v) is 8.21. The maximum Gasteiger partial charge on any atom is 0.305 e. The summed E-state index contributed by atoms with van der Waals surface area (Å²) in [6, 6.07) is 7.94. The number of hydrogen-bond acceptors (Lipinski definition) is 6. The van der Waals surface area contributed by atoms with Gasteiger partial charge >= 0.3 is 5.97 Å². The van der Waals surface area contributed by atoms with Crippen LogP contribution >= 0.6 is 0 Å². The zero-order valence-electron chi connectivity index (χ0n) is 19.1. The standard InChI is InChI=1S/C26H36O6/c1-3-32-18-20-10-8-9-19(15-20)16-21(27)13-14-23-22(24(28)17-25(23)29)11-6-4-5-7-12-26(30)31-2/h4,6,8-10,13-15,21-23,25,27,29H,3,5,7,11-12,16-18H2,1-2H3/b6-4-,14-13+/t21-,22-,23-,25-/m1/s1. The Hall–Kier alpha value is -2.28. The summed E-state index contributed by atoms with van der Waals surface area (Å²) in [5.74, 6) is -0.775. The highest BCUT2D eigenvalue weighted by molar-refractivity contribution is 5.84. The molecule has 1 aliphatic carbocycles. The highest BCUT2D eigenvalue weighted by Crippen LogP contribution is 2.33. The van der Waals surface area contributed by atoms with Gasteiger partial charge in [0.2, 0.25) is 0 Å². The van der Waals surface area contributed by atoms with Crippen LogP contribution < -0.4 is 0 Å². The number of unbranched alkanes of at least 4 members (excludes halogenated alkanes) is 1. The van der Waals surface area contributed by atoms with Gasteiger partial charge in [0.1, 0.15) is 5.78 Å². The molecule has 4 atom stereocenters. The number of aliphatic hydroxyl groups excluding tert-OH is 2. The molecule has 6 nitrogen and oxygen atoms in total. The largest absolute Gasteiger partial charge is 0.469 e. The SMILES string of the molecule is CCOCc1cccc(C[C@H](O)/C=C/[C@H]2[C@H](O)CC(=O)[C@@H]2C/C=C\CCCC(=O)OC)c1. The lowest BCUT2D eigenvalue weighted by Crippen LogP contribution is -2.19. The maximum absolute atomic E-state index is 12.3.